The highest BCUT2D eigenvalue weighted by atomic mass is 19.4. The van der Waals surface area contributed by atoms with Crippen molar-refractivity contribution in [3.8, 4) is 17.1 Å². The van der Waals surface area contributed by atoms with Gasteiger partial charge < -0.3 is 20.5 Å². The van der Waals surface area contributed by atoms with Crippen molar-refractivity contribution >= 4 is 23.5 Å². The normalized spacial score (nSPS) is 21.5. The maximum atomic E-state index is 14.6. The Morgan fingerprint density at radius 2 is 1.66 bits per heavy atom. The Morgan fingerprint density at radius 3 is 2.30 bits per heavy atom. The minimum atomic E-state index is -5.11. The average molecular weight is 671 g/mol. The maximum absolute atomic E-state index is 14.6. The number of allylic oxidation sites excluding steroid dienone is 1. The highest BCUT2D eigenvalue weighted by molar-refractivity contribution is 5.98. The van der Waals surface area contributed by atoms with E-state index in [1.165, 1.54) is 0 Å². The van der Waals surface area contributed by atoms with E-state index in [1.807, 2.05) is 0 Å². The van der Waals surface area contributed by atoms with E-state index in [9.17, 15) is 54.6 Å². The number of fused-ring (bicyclic) bond motifs is 2. The number of benzene rings is 2. The third kappa shape index (κ3) is 6.73. The quantitative estimate of drug-likeness (QED) is 0.207. The smallest absolute Gasteiger partial charge is 0.419 e. The first-order chi connectivity index (χ1) is 22.0. The molecule has 47 heavy (non-hydrogen) atoms. The van der Waals surface area contributed by atoms with Crippen LogP contribution in [0.3, 0.4) is 0 Å². The van der Waals surface area contributed by atoms with Gasteiger partial charge in [0.25, 0.3) is 5.91 Å². The maximum Gasteiger partial charge on any atom is 0.419 e. The Kier molecular flexibility index (Phi) is 8.68. The van der Waals surface area contributed by atoms with Crippen LogP contribution < -0.4 is 15.4 Å². The minimum absolute atomic E-state index is 0.0308. The molecule has 2 aliphatic rings. The molecule has 2 bridgehead atoms. The number of aromatic carboxylic acids is 1. The van der Waals surface area contributed by atoms with Gasteiger partial charge in [-0.3, -0.25) is 9.59 Å². The van der Waals surface area contributed by atoms with Crippen molar-refractivity contribution in [2.24, 2.45) is 17.8 Å². The molecule has 5 rings (SSSR count). The van der Waals surface area contributed by atoms with Gasteiger partial charge in [-0.25, -0.2) is 23.5 Å². The van der Waals surface area contributed by atoms with Crippen molar-refractivity contribution in [2.75, 3.05) is 12.4 Å². The van der Waals surface area contributed by atoms with Gasteiger partial charge in [0.1, 0.15) is 11.6 Å². The largest absolute Gasteiger partial charge is 0.493 e. The fourth-order valence-corrected chi connectivity index (χ4v) is 6.09. The third-order valence-electron chi connectivity index (χ3n) is 8.01. The molecule has 248 valence electrons. The van der Waals surface area contributed by atoms with Gasteiger partial charge >= 0.3 is 18.3 Å². The number of carboxylic acids is 1. The zero-order valence-electron chi connectivity index (χ0n) is 23.8. The number of carboxylic acid groups (broad SMARTS) is 1. The fourth-order valence-electron chi connectivity index (χ4n) is 6.09. The summed E-state index contributed by atoms with van der Waals surface area (Å²) in [6, 6.07) is 3.09. The van der Waals surface area contributed by atoms with Crippen LogP contribution in [0.1, 0.15) is 39.3 Å². The van der Waals surface area contributed by atoms with E-state index in [0.717, 1.165) is 37.6 Å². The van der Waals surface area contributed by atoms with Crippen molar-refractivity contribution < 1.29 is 59.4 Å². The van der Waals surface area contributed by atoms with E-state index in [-0.39, 0.29) is 35.8 Å². The van der Waals surface area contributed by atoms with Gasteiger partial charge in [0.05, 0.1) is 35.9 Å². The molecule has 1 aromatic heterocycles. The van der Waals surface area contributed by atoms with Crippen molar-refractivity contribution in [1.29, 1.82) is 0 Å². The minimum Gasteiger partial charge on any atom is -0.493 e. The molecule has 17 heteroatoms. The van der Waals surface area contributed by atoms with Gasteiger partial charge in [0.2, 0.25) is 5.91 Å². The molecule has 2 aromatic carbocycles. The Morgan fingerprint density at radius 1 is 0.979 bits per heavy atom. The van der Waals surface area contributed by atoms with Crippen LogP contribution in [-0.4, -0.2) is 52.2 Å². The van der Waals surface area contributed by atoms with Crippen molar-refractivity contribution in [1.82, 2.24) is 15.3 Å². The second kappa shape index (κ2) is 12.3. The number of nitrogens with one attached hydrogen (secondary N) is 2. The first-order valence-corrected chi connectivity index (χ1v) is 13.7. The molecule has 9 nitrogen and oxygen atoms in total. The van der Waals surface area contributed by atoms with Crippen molar-refractivity contribution in [3.63, 3.8) is 0 Å². The fraction of sp³-hybridized carbons (Fsp3) is 0.300. The highest BCUT2D eigenvalue weighted by Gasteiger charge is 2.56. The molecule has 2 aliphatic carbocycles. The van der Waals surface area contributed by atoms with E-state index in [0.29, 0.717) is 12.1 Å². The molecule has 3 aromatic rings. The van der Waals surface area contributed by atoms with Crippen LogP contribution in [0.5, 0.6) is 5.75 Å². The number of hydrogen-bond donors (Lipinski definition) is 3. The molecular formula is C30H22F8N4O5. The van der Waals surface area contributed by atoms with E-state index in [1.54, 1.807) is 0 Å². The summed E-state index contributed by atoms with van der Waals surface area (Å²) in [5, 5.41) is 14.0. The summed E-state index contributed by atoms with van der Waals surface area (Å²) in [5.74, 6) is -10.2. The lowest BCUT2D eigenvalue weighted by Gasteiger charge is -2.30. The second-order valence-corrected chi connectivity index (χ2v) is 10.8. The molecule has 2 saturated carbocycles. The van der Waals surface area contributed by atoms with Crippen molar-refractivity contribution in [3.05, 3.63) is 82.7 Å². The molecule has 0 aliphatic heterocycles. The lowest BCUT2D eigenvalue weighted by atomic mass is 9.83. The summed E-state index contributed by atoms with van der Waals surface area (Å²) < 4.78 is 114. The van der Waals surface area contributed by atoms with E-state index in [4.69, 9.17) is 4.74 Å². The molecule has 2 unspecified atom stereocenters. The Balaban J connectivity index is 1.50. The van der Waals surface area contributed by atoms with Crippen LogP contribution in [0.4, 0.5) is 40.8 Å². The van der Waals surface area contributed by atoms with Crippen LogP contribution in [0, 0.1) is 29.4 Å². The van der Waals surface area contributed by atoms with Crippen LogP contribution >= 0.6 is 0 Å². The summed E-state index contributed by atoms with van der Waals surface area (Å²) in [6.45, 7) is 0. The number of halogens is 8. The summed E-state index contributed by atoms with van der Waals surface area (Å²) >= 11 is 0. The van der Waals surface area contributed by atoms with Gasteiger partial charge in [-0.1, -0.05) is 5.57 Å². The molecular weight excluding hydrogens is 648 g/mol. The summed E-state index contributed by atoms with van der Waals surface area (Å²) in [5.41, 5.74) is -3.61. The third-order valence-corrected chi connectivity index (χ3v) is 8.01. The van der Waals surface area contributed by atoms with E-state index < -0.39 is 93.9 Å². The van der Waals surface area contributed by atoms with Gasteiger partial charge in [-0.15, -0.1) is 0 Å². The number of methoxy groups -OCH3 is 1. The van der Waals surface area contributed by atoms with Gasteiger partial charge in [0.15, 0.2) is 17.3 Å². The van der Waals surface area contributed by atoms with E-state index in [2.05, 4.69) is 20.6 Å². The standard InChI is InChI=1S/C30H22F8N4O5/c1-47-21-11-39-25(16-8-12(28(45)46)2-6-19(16)31)41-24(21)27(44)42-23-15-5-4-14(17(15)10-29(33,34)35)22(23)26(43)40-13-3-7-20(32)18(9-13)30(36,37)38/h2-3,6-11,14-15,22-23H,4-5H2,1H3,(H,40,43)(H,42,44)(H,45,46)/b17-10-/t14?,15?,22-,23+/m0/s1. The van der Waals surface area contributed by atoms with Crippen LogP contribution in [-0.2, 0) is 11.0 Å². The Bertz CT molecular complexity index is 1790. The number of amides is 2. The summed E-state index contributed by atoms with van der Waals surface area (Å²) in [7, 11) is 1.14. The Hall–Kier alpha value is -5.09. The molecule has 4 atom stereocenters. The molecule has 0 saturated heterocycles. The molecule has 1 heterocycles. The number of aromatic nitrogens is 2. The zero-order chi connectivity index (χ0) is 34.4. The van der Waals surface area contributed by atoms with Gasteiger partial charge in [-0.2, -0.15) is 26.3 Å². The number of carbonyl (C=O) groups is 3. The number of anilines is 1. The molecule has 2 fully saturated rings. The topological polar surface area (TPSA) is 131 Å². The zero-order valence-corrected chi connectivity index (χ0v) is 23.8. The highest BCUT2D eigenvalue weighted by Crippen LogP contribution is 2.54. The van der Waals surface area contributed by atoms with Crippen molar-refractivity contribution in [2.45, 2.75) is 31.2 Å². The van der Waals surface area contributed by atoms with E-state index >= 15 is 0 Å². The number of alkyl halides is 6. The molecule has 0 spiro atoms. The number of nitrogens with zero attached hydrogens (tertiary/aromatic N) is 2. The number of carbonyl (C=O) groups excluding carboxylic acids is 2. The number of rotatable bonds is 7. The molecule has 3 N–H and O–H groups in total. The second-order valence-electron chi connectivity index (χ2n) is 10.8. The summed E-state index contributed by atoms with van der Waals surface area (Å²) in [6.07, 6.45) is -8.68. The number of ether oxygens (including phenoxy) is 1. The van der Waals surface area contributed by atoms with Gasteiger partial charge in [0, 0.05) is 23.7 Å². The first-order valence-electron chi connectivity index (χ1n) is 13.7. The molecule has 2 amide bonds. The molecule has 0 radical (unpaired) electrons. The first kappa shape index (κ1) is 33.3. The predicted molar refractivity (Wildman–Crippen MR) is 146 cm³/mol. The Labute approximate surface area is 259 Å². The lowest BCUT2D eigenvalue weighted by Crippen LogP contribution is -2.48. The lowest BCUT2D eigenvalue weighted by molar-refractivity contribution is -0.140. The monoisotopic (exact) mass is 670 g/mol. The number of hydrogen-bond acceptors (Lipinski definition) is 6. The average Bonchev–Trinajstić information content (AvgIpc) is 3.50. The SMILES string of the molecule is COc1cnc(-c2cc(C(=O)O)ccc2F)nc1C(=O)N[C@@H]1C2CCC(/C2=C/C(F)(F)F)[C@@H]1C(=O)Nc1ccc(F)c(C(F)(F)F)c1. The van der Waals surface area contributed by atoms with Gasteiger partial charge in [-0.05, 0) is 55.2 Å². The van der Waals surface area contributed by atoms with Crippen LogP contribution in [0.2, 0.25) is 0 Å². The summed E-state index contributed by atoms with van der Waals surface area (Å²) in [4.78, 5) is 46.4. The van der Waals surface area contributed by atoms with Crippen LogP contribution in [0.15, 0.2) is 54.2 Å². The van der Waals surface area contributed by atoms with Crippen LogP contribution in [0.25, 0.3) is 11.4 Å². The predicted octanol–water partition coefficient (Wildman–Crippen LogP) is 6.03.